The number of likely N-dealkylation sites (tertiary alicyclic amines) is 1. The van der Waals surface area contributed by atoms with E-state index in [0.29, 0.717) is 17.3 Å². The number of benzene rings is 4. The van der Waals surface area contributed by atoms with Gasteiger partial charge in [-0.3, -0.25) is 9.79 Å². The van der Waals surface area contributed by atoms with Crippen LogP contribution < -0.4 is 9.47 Å². The van der Waals surface area contributed by atoms with Gasteiger partial charge in [0, 0.05) is 36.3 Å². The van der Waals surface area contributed by atoms with Crippen molar-refractivity contribution in [1.29, 1.82) is 0 Å². The van der Waals surface area contributed by atoms with Crippen molar-refractivity contribution >= 4 is 11.7 Å². The van der Waals surface area contributed by atoms with Crippen LogP contribution in [0.3, 0.4) is 0 Å². The van der Waals surface area contributed by atoms with Crippen molar-refractivity contribution in [2.75, 3.05) is 14.1 Å². The molecule has 0 N–H and O–H groups in total. The number of rotatable bonds is 0. The molecule has 3 heterocycles. The molecule has 5 heteroatoms. The Bertz CT molecular complexity index is 1480. The van der Waals surface area contributed by atoms with Crippen LogP contribution in [-0.2, 0) is 15.6 Å². The zero-order valence-corrected chi connectivity index (χ0v) is 19.4. The number of para-hydroxylation sites is 4. The predicted molar refractivity (Wildman–Crippen MR) is 134 cm³/mol. The average molecular weight is 459 g/mol. The first-order chi connectivity index (χ1) is 17.2. The fourth-order valence-corrected chi connectivity index (χ4v) is 6.51. The van der Waals surface area contributed by atoms with Gasteiger partial charge in [0.25, 0.3) is 0 Å². The third-order valence-electron chi connectivity index (χ3n) is 7.66. The minimum atomic E-state index is -1.15. The zero-order valence-electron chi connectivity index (χ0n) is 19.4. The molecule has 0 radical (unpaired) electrons. The highest BCUT2D eigenvalue weighted by molar-refractivity contribution is 6.22. The number of carbonyl (C=O) groups excluding carboxylic acids is 1. The Hall–Kier alpha value is -4.38. The lowest BCUT2D eigenvalue weighted by Gasteiger charge is -2.49. The first kappa shape index (κ1) is 20.0. The zero-order chi connectivity index (χ0) is 23.8. The van der Waals surface area contributed by atoms with E-state index in [4.69, 9.17) is 14.5 Å². The molecule has 0 atom stereocenters. The number of hydrogen-bond acceptors (Lipinski definition) is 4. The number of ether oxygens (including phenoxy) is 2. The quantitative estimate of drug-likeness (QED) is 0.341. The molecule has 3 aliphatic heterocycles. The fourth-order valence-electron chi connectivity index (χ4n) is 6.51. The van der Waals surface area contributed by atoms with Gasteiger partial charge in [-0.25, -0.2) is 0 Å². The van der Waals surface area contributed by atoms with Gasteiger partial charge < -0.3 is 14.4 Å². The maximum Gasteiger partial charge on any atom is 0.244 e. The van der Waals surface area contributed by atoms with Crippen LogP contribution in [0.25, 0.3) is 0 Å². The lowest BCUT2D eigenvalue weighted by atomic mass is 9.51. The summed E-state index contributed by atoms with van der Waals surface area (Å²) in [5, 5.41) is 0. The van der Waals surface area contributed by atoms with Crippen LogP contribution in [0.2, 0.25) is 0 Å². The molecule has 0 aromatic heterocycles. The third-order valence-corrected chi connectivity index (χ3v) is 7.66. The van der Waals surface area contributed by atoms with E-state index >= 15 is 0 Å². The van der Waals surface area contributed by atoms with Gasteiger partial charge >= 0.3 is 0 Å². The van der Waals surface area contributed by atoms with Gasteiger partial charge in [0.1, 0.15) is 39.7 Å². The number of fused-ring (bicyclic) bond motifs is 9. The maximum atomic E-state index is 14.8. The smallest absolute Gasteiger partial charge is 0.244 e. The summed E-state index contributed by atoms with van der Waals surface area (Å²) >= 11 is 0. The maximum absolute atomic E-state index is 14.8. The minimum absolute atomic E-state index is 0.0483. The van der Waals surface area contributed by atoms with E-state index in [1.54, 1.807) is 11.9 Å². The number of carbonyl (C=O) groups is 1. The summed E-state index contributed by atoms with van der Waals surface area (Å²) in [6, 6.07) is 31.7. The minimum Gasteiger partial charge on any atom is -0.457 e. The third kappa shape index (κ3) is 2.15. The molecule has 1 amide bonds. The van der Waals surface area contributed by atoms with Crippen molar-refractivity contribution in [3.8, 4) is 23.0 Å². The summed E-state index contributed by atoms with van der Waals surface area (Å²) < 4.78 is 12.8. The second kappa shape index (κ2) is 6.83. The molecule has 7 rings (SSSR count). The van der Waals surface area contributed by atoms with Crippen molar-refractivity contribution in [2.24, 2.45) is 4.99 Å². The Kier molecular flexibility index (Phi) is 3.91. The van der Waals surface area contributed by atoms with Gasteiger partial charge in [0.2, 0.25) is 5.91 Å². The van der Waals surface area contributed by atoms with E-state index in [1.807, 2.05) is 92.0 Å². The summed E-state index contributed by atoms with van der Waals surface area (Å²) in [5.74, 6) is 3.41. The highest BCUT2D eigenvalue weighted by Gasteiger charge is 2.74. The van der Waals surface area contributed by atoms with Crippen molar-refractivity contribution in [2.45, 2.75) is 10.8 Å². The summed E-state index contributed by atoms with van der Waals surface area (Å²) in [4.78, 5) is 21.4. The number of hydrogen-bond donors (Lipinski definition) is 0. The number of likely N-dealkylation sites (N-methyl/N-ethyl adjacent to an activating group) is 1. The highest BCUT2D eigenvalue weighted by Crippen LogP contribution is 2.67. The van der Waals surface area contributed by atoms with Crippen LogP contribution in [0.1, 0.15) is 22.3 Å². The molecule has 0 bridgehead atoms. The van der Waals surface area contributed by atoms with Crippen molar-refractivity contribution < 1.29 is 14.3 Å². The molecule has 2 spiro atoms. The standard InChI is InChI=1S/C30H22N2O3/c1-31-27-29(19-11-3-7-15-23(19)34-24-16-8-4-12-20(24)29)30(28(33)32(27)2)21-13-5-9-17-25(21)35-26-18-10-6-14-22(26)30/h3-18H,1-2H3. The number of amides is 1. The Morgan fingerprint density at radius 1 is 0.600 bits per heavy atom. The monoisotopic (exact) mass is 458 g/mol. The molecule has 4 aromatic rings. The van der Waals surface area contributed by atoms with Crippen LogP contribution in [-0.4, -0.2) is 30.7 Å². The van der Waals surface area contributed by atoms with Crippen LogP contribution >= 0.6 is 0 Å². The molecular formula is C30H22N2O3. The van der Waals surface area contributed by atoms with Gasteiger partial charge in [-0.1, -0.05) is 72.8 Å². The number of aliphatic imine (C=N–C) groups is 1. The summed E-state index contributed by atoms with van der Waals surface area (Å²) in [6.07, 6.45) is 0. The molecule has 0 aliphatic carbocycles. The molecule has 0 saturated carbocycles. The molecular weight excluding hydrogens is 436 g/mol. The van der Waals surface area contributed by atoms with E-state index in [-0.39, 0.29) is 5.91 Å². The first-order valence-electron chi connectivity index (χ1n) is 11.6. The molecule has 1 saturated heterocycles. The molecule has 1 fully saturated rings. The van der Waals surface area contributed by atoms with Gasteiger partial charge in [-0.05, 0) is 24.3 Å². The highest BCUT2D eigenvalue weighted by atomic mass is 16.5. The normalized spacial score (nSPS) is 19.0. The fraction of sp³-hybridized carbons (Fsp3) is 0.133. The molecule has 170 valence electrons. The second-order valence-corrected chi connectivity index (χ2v) is 9.10. The molecule has 0 unspecified atom stereocenters. The van der Waals surface area contributed by atoms with Crippen LogP contribution in [0.5, 0.6) is 23.0 Å². The Morgan fingerprint density at radius 3 is 1.31 bits per heavy atom. The van der Waals surface area contributed by atoms with Crippen molar-refractivity contribution in [1.82, 2.24) is 4.90 Å². The number of nitrogens with zero attached hydrogens (tertiary/aromatic N) is 2. The predicted octanol–water partition coefficient (Wildman–Crippen LogP) is 5.67. The Morgan fingerprint density at radius 2 is 0.943 bits per heavy atom. The van der Waals surface area contributed by atoms with Crippen LogP contribution in [0.4, 0.5) is 0 Å². The van der Waals surface area contributed by atoms with Crippen LogP contribution in [0, 0.1) is 0 Å². The summed E-state index contributed by atoms with van der Waals surface area (Å²) in [6.45, 7) is 0. The van der Waals surface area contributed by atoms with E-state index in [9.17, 15) is 4.79 Å². The second-order valence-electron chi connectivity index (χ2n) is 9.10. The largest absolute Gasteiger partial charge is 0.457 e. The van der Waals surface area contributed by atoms with E-state index in [0.717, 1.165) is 33.8 Å². The molecule has 35 heavy (non-hydrogen) atoms. The summed E-state index contributed by atoms with van der Waals surface area (Å²) in [5.41, 5.74) is 1.32. The molecule has 4 aromatic carbocycles. The van der Waals surface area contributed by atoms with Crippen molar-refractivity contribution in [3.63, 3.8) is 0 Å². The summed E-state index contributed by atoms with van der Waals surface area (Å²) in [7, 11) is 3.58. The van der Waals surface area contributed by atoms with Gasteiger partial charge in [0.05, 0.1) is 0 Å². The number of amidine groups is 1. The molecule has 3 aliphatic rings. The Balaban J connectivity index is 1.78. The van der Waals surface area contributed by atoms with Gasteiger partial charge in [-0.2, -0.15) is 0 Å². The van der Waals surface area contributed by atoms with Gasteiger partial charge in [0.15, 0.2) is 0 Å². The van der Waals surface area contributed by atoms with E-state index in [2.05, 4.69) is 12.1 Å². The molecule has 5 nitrogen and oxygen atoms in total. The Labute approximate surface area is 203 Å². The van der Waals surface area contributed by atoms with Gasteiger partial charge in [-0.15, -0.1) is 0 Å². The van der Waals surface area contributed by atoms with E-state index in [1.165, 1.54) is 0 Å². The lowest BCUT2D eigenvalue weighted by Crippen LogP contribution is -2.55. The lowest BCUT2D eigenvalue weighted by molar-refractivity contribution is -0.129. The average Bonchev–Trinajstić information content (AvgIpc) is 3.09. The van der Waals surface area contributed by atoms with E-state index < -0.39 is 10.8 Å². The topological polar surface area (TPSA) is 51.1 Å². The SMILES string of the molecule is CN=C1N(C)C(=O)C2(c3ccccc3Oc3ccccc32)C12c1ccccc1Oc1ccccc12. The van der Waals surface area contributed by atoms with Crippen molar-refractivity contribution in [3.05, 3.63) is 119 Å². The van der Waals surface area contributed by atoms with Crippen LogP contribution in [0.15, 0.2) is 102 Å². The first-order valence-corrected chi connectivity index (χ1v) is 11.6.